The number of benzene rings is 1. The van der Waals surface area contributed by atoms with Crippen molar-refractivity contribution in [3.05, 3.63) is 40.9 Å². The fraction of sp³-hybridized carbons (Fsp3) is 0.500. The highest BCUT2D eigenvalue weighted by molar-refractivity contribution is 7.80. The maximum absolute atomic E-state index is 6.24. The molecule has 6 nitrogen and oxygen atoms in total. The van der Waals surface area contributed by atoms with Crippen molar-refractivity contribution in [1.29, 1.82) is 0 Å². The van der Waals surface area contributed by atoms with Crippen LogP contribution in [-0.4, -0.2) is 41.3 Å². The van der Waals surface area contributed by atoms with Crippen LogP contribution in [0.2, 0.25) is 5.02 Å². The van der Waals surface area contributed by atoms with Gasteiger partial charge in [-0.05, 0) is 49.5 Å². The summed E-state index contributed by atoms with van der Waals surface area (Å²) in [6.07, 6.45) is 7.43. The number of halogens is 1. The second kappa shape index (κ2) is 10.3. The van der Waals surface area contributed by atoms with E-state index in [9.17, 15) is 0 Å². The fourth-order valence-corrected chi connectivity index (χ4v) is 4.38. The monoisotopic (exact) mass is 444 g/mol. The molecule has 160 valence electrons. The minimum atomic E-state index is 0.496. The van der Waals surface area contributed by atoms with Gasteiger partial charge in [-0.2, -0.15) is 9.97 Å². The van der Waals surface area contributed by atoms with Gasteiger partial charge in [0.1, 0.15) is 11.6 Å². The zero-order valence-corrected chi connectivity index (χ0v) is 18.8. The first-order valence-corrected chi connectivity index (χ1v) is 11.6. The van der Waals surface area contributed by atoms with Crippen LogP contribution in [0.4, 0.5) is 17.6 Å². The molecular weight excluding hydrogens is 416 g/mol. The predicted octanol–water partition coefficient (Wildman–Crippen LogP) is 4.60. The normalized spacial score (nSPS) is 17.0. The number of aromatic nitrogens is 2. The average molecular weight is 445 g/mol. The molecule has 1 aromatic heterocycles. The van der Waals surface area contributed by atoms with Gasteiger partial charge in [0.2, 0.25) is 5.95 Å². The van der Waals surface area contributed by atoms with E-state index in [0.717, 1.165) is 48.4 Å². The quantitative estimate of drug-likeness (QED) is 0.653. The van der Waals surface area contributed by atoms with E-state index in [0.29, 0.717) is 17.6 Å². The van der Waals surface area contributed by atoms with Gasteiger partial charge < -0.3 is 20.4 Å². The Kier molecular flexibility index (Phi) is 7.23. The third-order valence-electron chi connectivity index (χ3n) is 5.68. The lowest BCUT2D eigenvalue weighted by Crippen LogP contribution is -2.31. The molecule has 2 saturated heterocycles. The zero-order chi connectivity index (χ0) is 20.8. The molecule has 2 N–H and O–H groups in total. The average Bonchev–Trinajstić information content (AvgIpc) is 3.15. The number of hydrogen-bond donors (Lipinski definition) is 2. The second-order valence-electron chi connectivity index (χ2n) is 7.90. The van der Waals surface area contributed by atoms with Crippen LogP contribution in [0.15, 0.2) is 30.3 Å². The Labute approximate surface area is 189 Å². The molecule has 30 heavy (non-hydrogen) atoms. The number of nitrogens with zero attached hydrogens (tertiary/aromatic N) is 4. The van der Waals surface area contributed by atoms with Crippen LogP contribution in [0.1, 0.15) is 44.1 Å². The molecule has 0 saturated carbocycles. The summed E-state index contributed by atoms with van der Waals surface area (Å²) in [5.74, 6) is 2.53. The maximum atomic E-state index is 6.24. The number of thiocarbonyl (C=S) groups is 1. The van der Waals surface area contributed by atoms with Crippen molar-refractivity contribution in [2.75, 3.05) is 41.3 Å². The van der Waals surface area contributed by atoms with Gasteiger partial charge in [-0.25, -0.2) is 0 Å². The second-order valence-corrected chi connectivity index (χ2v) is 8.72. The van der Waals surface area contributed by atoms with Crippen molar-refractivity contribution in [3.63, 3.8) is 0 Å². The molecule has 0 aliphatic carbocycles. The third-order valence-corrected chi connectivity index (χ3v) is 6.30. The highest BCUT2D eigenvalue weighted by Crippen LogP contribution is 2.26. The van der Waals surface area contributed by atoms with Crippen molar-refractivity contribution < 1.29 is 0 Å². The highest BCUT2D eigenvalue weighted by atomic mass is 35.5. The minimum absolute atomic E-state index is 0.496. The first kappa shape index (κ1) is 21.1. The van der Waals surface area contributed by atoms with Gasteiger partial charge in [0.15, 0.2) is 5.11 Å². The van der Waals surface area contributed by atoms with E-state index >= 15 is 0 Å². The van der Waals surface area contributed by atoms with E-state index in [1.807, 2.05) is 24.3 Å². The Morgan fingerprint density at radius 1 is 0.900 bits per heavy atom. The van der Waals surface area contributed by atoms with E-state index in [1.165, 1.54) is 38.5 Å². The van der Waals surface area contributed by atoms with Gasteiger partial charge in [-0.3, -0.25) is 0 Å². The van der Waals surface area contributed by atoms with Gasteiger partial charge in [0, 0.05) is 43.8 Å². The summed E-state index contributed by atoms with van der Waals surface area (Å²) >= 11 is 11.7. The number of anilines is 3. The van der Waals surface area contributed by atoms with Crippen LogP contribution < -0.4 is 20.4 Å². The van der Waals surface area contributed by atoms with Crippen molar-refractivity contribution in [2.24, 2.45) is 0 Å². The molecule has 0 amide bonds. The van der Waals surface area contributed by atoms with Gasteiger partial charge >= 0.3 is 0 Å². The first-order chi connectivity index (χ1) is 14.7. The Balaban J connectivity index is 1.49. The lowest BCUT2D eigenvalue weighted by atomic mass is 10.2. The summed E-state index contributed by atoms with van der Waals surface area (Å²) in [5, 5.41) is 7.63. The van der Waals surface area contributed by atoms with Gasteiger partial charge in [0.05, 0.1) is 0 Å². The molecule has 0 unspecified atom stereocenters. The van der Waals surface area contributed by atoms with E-state index in [-0.39, 0.29) is 0 Å². The van der Waals surface area contributed by atoms with E-state index in [4.69, 9.17) is 33.8 Å². The summed E-state index contributed by atoms with van der Waals surface area (Å²) in [4.78, 5) is 14.3. The molecule has 0 radical (unpaired) electrons. The summed E-state index contributed by atoms with van der Waals surface area (Å²) in [6, 6.07) is 9.90. The topological polar surface area (TPSA) is 56.3 Å². The molecule has 1 aromatic carbocycles. The molecule has 3 heterocycles. The molecule has 0 atom stereocenters. The maximum Gasteiger partial charge on any atom is 0.232 e. The molecule has 4 rings (SSSR count). The Hall–Kier alpha value is -2.12. The summed E-state index contributed by atoms with van der Waals surface area (Å²) in [7, 11) is 0. The van der Waals surface area contributed by atoms with Crippen LogP contribution in [0.3, 0.4) is 0 Å². The Morgan fingerprint density at radius 3 is 2.07 bits per heavy atom. The fourth-order valence-electron chi connectivity index (χ4n) is 4.01. The van der Waals surface area contributed by atoms with Crippen molar-refractivity contribution in [1.82, 2.24) is 15.3 Å². The molecule has 2 aliphatic rings. The first-order valence-electron chi connectivity index (χ1n) is 10.9. The third kappa shape index (κ3) is 5.52. The molecule has 0 spiro atoms. The summed E-state index contributed by atoms with van der Waals surface area (Å²) in [5.41, 5.74) is 1.00. The molecule has 8 heteroatoms. The van der Waals surface area contributed by atoms with E-state index in [2.05, 4.69) is 26.5 Å². The molecule has 2 aromatic rings. The number of rotatable bonds is 5. The minimum Gasteiger partial charge on any atom is -0.358 e. The Morgan fingerprint density at radius 2 is 1.47 bits per heavy atom. The molecular formula is C22H29ClN6S. The number of nitrogens with one attached hydrogen (secondary N) is 2. The van der Waals surface area contributed by atoms with Crippen molar-refractivity contribution >= 4 is 46.5 Å². The van der Waals surface area contributed by atoms with Crippen LogP contribution in [0.5, 0.6) is 0 Å². The van der Waals surface area contributed by atoms with Gasteiger partial charge in [-0.15, -0.1) is 0 Å². The van der Waals surface area contributed by atoms with Crippen LogP contribution >= 0.6 is 23.8 Å². The highest BCUT2D eigenvalue weighted by Gasteiger charge is 2.19. The van der Waals surface area contributed by atoms with Gasteiger partial charge in [-0.1, -0.05) is 42.6 Å². The van der Waals surface area contributed by atoms with Crippen LogP contribution in [-0.2, 0) is 6.54 Å². The Bertz CT molecular complexity index is 862. The number of hydrogen-bond acceptors (Lipinski definition) is 5. The van der Waals surface area contributed by atoms with E-state index < -0.39 is 0 Å². The van der Waals surface area contributed by atoms with Crippen LogP contribution in [0.25, 0.3) is 0 Å². The standard InChI is InChI=1S/C22H29ClN6S/c23-18-10-4-3-9-17(18)16-24-22(30)27-21-25-19(28-11-5-1-2-6-12-28)15-20(26-21)29-13-7-8-14-29/h3-4,9-10,15H,1-2,5-8,11-14,16H2,(H2,24,25,26,27,30). The lowest BCUT2D eigenvalue weighted by Gasteiger charge is -2.25. The molecule has 2 fully saturated rings. The summed E-state index contributed by atoms with van der Waals surface area (Å²) < 4.78 is 0. The predicted molar refractivity (Wildman–Crippen MR) is 129 cm³/mol. The van der Waals surface area contributed by atoms with Gasteiger partial charge in [0.25, 0.3) is 0 Å². The largest absolute Gasteiger partial charge is 0.358 e. The van der Waals surface area contributed by atoms with Crippen LogP contribution in [0, 0.1) is 0 Å². The molecule has 2 aliphatic heterocycles. The SMILES string of the molecule is S=C(NCc1ccccc1Cl)Nc1nc(N2CCCCCC2)cc(N2CCCC2)n1. The molecule has 0 bridgehead atoms. The lowest BCUT2D eigenvalue weighted by molar-refractivity contribution is 0.726. The summed E-state index contributed by atoms with van der Waals surface area (Å²) in [6.45, 7) is 4.74. The van der Waals surface area contributed by atoms with E-state index in [1.54, 1.807) is 0 Å². The smallest absolute Gasteiger partial charge is 0.232 e. The van der Waals surface area contributed by atoms with Crippen molar-refractivity contribution in [2.45, 2.75) is 45.1 Å². The van der Waals surface area contributed by atoms with Crippen molar-refractivity contribution in [3.8, 4) is 0 Å². The zero-order valence-electron chi connectivity index (χ0n) is 17.2.